The first-order chi connectivity index (χ1) is 14.2. The topological polar surface area (TPSA) is 86.8 Å². The number of carbonyl (C=O) groups excluding carboxylic acids is 4. The van der Waals surface area contributed by atoms with E-state index >= 15 is 0 Å². The van der Waals surface area contributed by atoms with E-state index < -0.39 is 48.8 Å². The van der Waals surface area contributed by atoms with E-state index in [1.807, 2.05) is 0 Å². The van der Waals surface area contributed by atoms with Crippen LogP contribution in [-0.2, 0) is 9.59 Å². The number of benzene rings is 2. The largest absolute Gasteiger partial charge is 0.409 e. The lowest BCUT2D eigenvalue weighted by molar-refractivity contribution is -0.157. The first-order valence-corrected chi connectivity index (χ1v) is 8.91. The van der Waals surface area contributed by atoms with Crippen LogP contribution in [0.3, 0.4) is 0 Å². The molecule has 0 saturated carbocycles. The second-order valence-corrected chi connectivity index (χ2v) is 6.83. The molecule has 1 atom stereocenters. The highest BCUT2D eigenvalue weighted by Gasteiger charge is 2.50. The van der Waals surface area contributed by atoms with E-state index in [4.69, 9.17) is 0 Å². The fraction of sp³-hybridized carbons (Fsp3) is 0.200. The Labute approximate surface area is 168 Å². The Hall–Kier alpha value is -3.69. The van der Waals surface area contributed by atoms with Gasteiger partial charge in [-0.05, 0) is 24.3 Å². The summed E-state index contributed by atoms with van der Waals surface area (Å²) in [5.74, 6) is -3.55. The molecule has 0 aliphatic carbocycles. The molecule has 154 valence electrons. The number of nitrogens with zero attached hydrogens (tertiary/aromatic N) is 2. The smallest absolute Gasteiger partial charge is 0.324 e. The highest BCUT2D eigenvalue weighted by atomic mass is 19.4. The number of alkyl halides is 3. The van der Waals surface area contributed by atoms with E-state index in [1.165, 1.54) is 48.5 Å². The van der Waals surface area contributed by atoms with Gasteiger partial charge in [0.2, 0.25) is 11.8 Å². The molecular weight excluding hydrogens is 403 g/mol. The molecule has 0 unspecified atom stereocenters. The zero-order valence-corrected chi connectivity index (χ0v) is 15.3. The Morgan fingerprint density at radius 2 is 1.53 bits per heavy atom. The van der Waals surface area contributed by atoms with Crippen molar-refractivity contribution in [3.8, 4) is 0 Å². The van der Waals surface area contributed by atoms with Gasteiger partial charge in [0.05, 0.1) is 28.9 Å². The third kappa shape index (κ3) is 3.19. The van der Waals surface area contributed by atoms with Crippen LogP contribution in [0.1, 0.15) is 27.1 Å². The number of halogens is 3. The van der Waals surface area contributed by atoms with Crippen LogP contribution in [-0.4, -0.2) is 47.3 Å². The maximum atomic E-state index is 13.8. The summed E-state index contributed by atoms with van der Waals surface area (Å²) in [6.07, 6.45) is -5.92. The summed E-state index contributed by atoms with van der Waals surface area (Å²) in [7, 11) is 0. The third-order valence-corrected chi connectivity index (χ3v) is 4.95. The summed E-state index contributed by atoms with van der Waals surface area (Å²) in [6.45, 7) is -0.887. The van der Waals surface area contributed by atoms with Gasteiger partial charge in [-0.25, -0.2) is 0 Å². The normalized spacial score (nSPS) is 18.6. The molecule has 2 heterocycles. The number of nitrogens with one attached hydrogen (secondary N) is 1. The predicted molar refractivity (Wildman–Crippen MR) is 98.8 cm³/mol. The molecule has 0 aromatic heterocycles. The third-order valence-electron chi connectivity index (χ3n) is 4.95. The van der Waals surface area contributed by atoms with Gasteiger partial charge in [0.25, 0.3) is 11.8 Å². The molecule has 10 heteroatoms. The van der Waals surface area contributed by atoms with Crippen LogP contribution in [0.4, 0.5) is 24.5 Å². The predicted octanol–water partition coefficient (Wildman–Crippen LogP) is 2.59. The van der Waals surface area contributed by atoms with Crippen molar-refractivity contribution in [3.63, 3.8) is 0 Å². The van der Waals surface area contributed by atoms with Crippen LogP contribution in [0.5, 0.6) is 0 Å². The molecule has 0 radical (unpaired) electrons. The van der Waals surface area contributed by atoms with Gasteiger partial charge in [0.15, 0.2) is 0 Å². The highest BCUT2D eigenvalue weighted by Crippen LogP contribution is 2.38. The average molecular weight is 417 g/mol. The van der Waals surface area contributed by atoms with Crippen molar-refractivity contribution in [2.75, 3.05) is 16.8 Å². The van der Waals surface area contributed by atoms with Crippen LogP contribution < -0.4 is 10.2 Å². The lowest BCUT2D eigenvalue weighted by atomic mass is 10.1. The molecule has 0 saturated heterocycles. The zero-order chi connectivity index (χ0) is 21.6. The molecule has 2 aromatic rings. The van der Waals surface area contributed by atoms with Gasteiger partial charge < -0.3 is 5.32 Å². The van der Waals surface area contributed by atoms with Crippen LogP contribution in [0.15, 0.2) is 48.5 Å². The van der Waals surface area contributed by atoms with Crippen molar-refractivity contribution in [1.82, 2.24) is 4.90 Å². The summed E-state index contributed by atoms with van der Waals surface area (Å²) < 4.78 is 41.3. The maximum Gasteiger partial charge on any atom is 0.409 e. The molecule has 0 fully saturated rings. The lowest BCUT2D eigenvalue weighted by Crippen LogP contribution is -2.53. The fourth-order valence-corrected chi connectivity index (χ4v) is 3.59. The van der Waals surface area contributed by atoms with Gasteiger partial charge in [0.1, 0.15) is 12.6 Å². The number of rotatable bonds is 2. The number of fused-ring (bicyclic) bond motifs is 2. The molecule has 0 spiro atoms. The second kappa shape index (κ2) is 6.97. The minimum Gasteiger partial charge on any atom is -0.324 e. The molecule has 2 aliphatic rings. The Morgan fingerprint density at radius 1 is 0.967 bits per heavy atom. The van der Waals surface area contributed by atoms with Crippen molar-refractivity contribution in [2.24, 2.45) is 0 Å². The summed E-state index contributed by atoms with van der Waals surface area (Å²) >= 11 is 0. The monoisotopic (exact) mass is 417 g/mol. The Balaban J connectivity index is 1.72. The quantitative estimate of drug-likeness (QED) is 0.761. The molecule has 4 rings (SSSR count). The van der Waals surface area contributed by atoms with Crippen molar-refractivity contribution in [1.29, 1.82) is 0 Å². The SMILES string of the molecule is O=C1C[C@H](C(F)(F)F)N(C(=O)CN2C(=O)c3ccccc3C2=O)c2ccccc2N1. The second-order valence-electron chi connectivity index (χ2n) is 6.83. The van der Waals surface area contributed by atoms with E-state index in [9.17, 15) is 32.3 Å². The summed E-state index contributed by atoms with van der Waals surface area (Å²) in [4.78, 5) is 51.1. The van der Waals surface area contributed by atoms with Gasteiger partial charge in [0, 0.05) is 0 Å². The Bertz CT molecular complexity index is 1050. The first kappa shape index (κ1) is 19.6. The molecule has 4 amide bonds. The Kier molecular flexibility index (Phi) is 4.56. The number of para-hydroxylation sites is 2. The van der Waals surface area contributed by atoms with Crippen LogP contribution in [0, 0.1) is 0 Å². The van der Waals surface area contributed by atoms with Gasteiger partial charge in [-0.1, -0.05) is 24.3 Å². The Morgan fingerprint density at radius 3 is 2.13 bits per heavy atom. The minimum atomic E-state index is -4.91. The van der Waals surface area contributed by atoms with Crippen LogP contribution in [0.2, 0.25) is 0 Å². The van der Waals surface area contributed by atoms with Crippen molar-refractivity contribution < 1.29 is 32.3 Å². The van der Waals surface area contributed by atoms with E-state index in [1.54, 1.807) is 0 Å². The van der Waals surface area contributed by atoms with E-state index in [2.05, 4.69) is 5.32 Å². The standard InChI is InChI=1S/C20H14F3N3O4/c21-20(22,23)15-9-16(27)24-13-7-3-4-8-14(13)26(15)17(28)10-25-18(29)11-5-1-2-6-12(11)19(25)30/h1-8,15H,9-10H2,(H,24,27)/t15-/m1/s1. The maximum absolute atomic E-state index is 13.8. The summed E-state index contributed by atoms with van der Waals surface area (Å²) in [6, 6.07) is 9.00. The highest BCUT2D eigenvalue weighted by molar-refractivity contribution is 6.23. The molecule has 1 N–H and O–H groups in total. The average Bonchev–Trinajstić information content (AvgIpc) is 2.84. The van der Waals surface area contributed by atoms with E-state index in [0.29, 0.717) is 9.80 Å². The van der Waals surface area contributed by atoms with Crippen LogP contribution >= 0.6 is 0 Å². The first-order valence-electron chi connectivity index (χ1n) is 8.91. The summed E-state index contributed by atoms with van der Waals surface area (Å²) in [5.41, 5.74) is 0.0313. The molecule has 2 aliphatic heterocycles. The fourth-order valence-electron chi connectivity index (χ4n) is 3.59. The van der Waals surface area contributed by atoms with Crippen LogP contribution in [0.25, 0.3) is 0 Å². The number of carbonyl (C=O) groups is 4. The van der Waals surface area contributed by atoms with E-state index in [-0.39, 0.29) is 22.5 Å². The number of hydrogen-bond acceptors (Lipinski definition) is 4. The van der Waals surface area contributed by atoms with Crippen molar-refractivity contribution >= 4 is 35.0 Å². The number of anilines is 2. The van der Waals surface area contributed by atoms with E-state index in [0.717, 1.165) is 0 Å². The number of imide groups is 1. The zero-order valence-electron chi connectivity index (χ0n) is 15.3. The minimum absolute atomic E-state index is 0.0324. The molecular formula is C20H14F3N3O4. The van der Waals surface area contributed by atoms with Crippen molar-refractivity contribution in [2.45, 2.75) is 18.6 Å². The van der Waals surface area contributed by atoms with Gasteiger partial charge in [-0.3, -0.25) is 29.0 Å². The van der Waals surface area contributed by atoms with Gasteiger partial charge >= 0.3 is 6.18 Å². The number of amides is 4. The molecule has 30 heavy (non-hydrogen) atoms. The summed E-state index contributed by atoms with van der Waals surface area (Å²) in [5, 5.41) is 2.35. The van der Waals surface area contributed by atoms with Gasteiger partial charge in [-0.2, -0.15) is 13.2 Å². The molecule has 7 nitrogen and oxygen atoms in total. The van der Waals surface area contributed by atoms with Gasteiger partial charge in [-0.15, -0.1) is 0 Å². The molecule has 0 bridgehead atoms. The molecule has 2 aromatic carbocycles. The lowest BCUT2D eigenvalue weighted by Gasteiger charge is -2.32. The van der Waals surface area contributed by atoms with Crippen molar-refractivity contribution in [3.05, 3.63) is 59.7 Å². The number of hydrogen-bond donors (Lipinski definition) is 1.